The van der Waals surface area contributed by atoms with Gasteiger partial charge in [0.05, 0.1) is 39.7 Å². The Bertz CT molecular complexity index is 1090. The Hall–Kier alpha value is -2.05. The van der Waals surface area contributed by atoms with Crippen molar-refractivity contribution in [3.8, 4) is 0 Å². The molecule has 0 radical (unpaired) electrons. The molecule has 3 aromatic rings. The van der Waals surface area contributed by atoms with E-state index in [1.165, 1.54) is 17.7 Å². The van der Waals surface area contributed by atoms with E-state index in [-0.39, 0.29) is 13.1 Å². The summed E-state index contributed by atoms with van der Waals surface area (Å²) >= 11 is 0.194. The molecule has 0 N–H and O–H groups in total. The first kappa shape index (κ1) is 26.2. The quantitative estimate of drug-likeness (QED) is 0.245. The fourth-order valence-electron chi connectivity index (χ4n) is 3.08. The summed E-state index contributed by atoms with van der Waals surface area (Å²) in [5.74, 6) is 0. The molecule has 9 heteroatoms. The number of benzene rings is 2. The first-order valence-corrected chi connectivity index (χ1v) is 12.5. The normalized spacial score (nSPS) is 12.5. The molecule has 0 fully saturated rings. The SMILES string of the molecule is CC(=Nc1ccc(C)cc1)c1ccc(C(C)=Nc2ccc(C(F)(F)F)cc2)n1C.[Cl][Fe][Cl]. The van der Waals surface area contributed by atoms with Gasteiger partial charge < -0.3 is 4.57 Å². The minimum atomic E-state index is -4.35. The summed E-state index contributed by atoms with van der Waals surface area (Å²) in [5.41, 5.74) is 5.25. The maximum atomic E-state index is 12.7. The Morgan fingerprint density at radius 3 is 1.53 bits per heavy atom. The molecule has 1 heterocycles. The molecule has 172 valence electrons. The van der Waals surface area contributed by atoms with Crippen molar-refractivity contribution in [1.29, 1.82) is 0 Å². The summed E-state index contributed by atoms with van der Waals surface area (Å²) in [6.45, 7) is 5.81. The van der Waals surface area contributed by atoms with Crippen molar-refractivity contribution in [2.24, 2.45) is 17.0 Å². The fourth-order valence-corrected chi connectivity index (χ4v) is 3.08. The van der Waals surface area contributed by atoms with E-state index < -0.39 is 11.7 Å². The van der Waals surface area contributed by atoms with Gasteiger partial charge in [-0.3, -0.25) is 9.98 Å². The molecule has 0 saturated carbocycles. The number of rotatable bonds is 4. The van der Waals surface area contributed by atoms with Gasteiger partial charge in [-0.1, -0.05) is 17.7 Å². The molecule has 0 spiro atoms. The van der Waals surface area contributed by atoms with Crippen LogP contribution in [0, 0.1) is 6.92 Å². The molecular formula is C23H22Cl2F3FeN3. The Kier molecular flexibility index (Phi) is 9.59. The minimum absolute atomic E-state index is 0.194. The summed E-state index contributed by atoms with van der Waals surface area (Å²) in [4.78, 5) is 9.14. The van der Waals surface area contributed by atoms with E-state index >= 15 is 0 Å². The average Bonchev–Trinajstić information content (AvgIpc) is 3.11. The molecule has 0 aliphatic rings. The molecule has 0 amide bonds. The molecule has 0 saturated heterocycles. The van der Waals surface area contributed by atoms with E-state index in [1.807, 2.05) is 68.8 Å². The number of hydrogen-bond donors (Lipinski definition) is 0. The zero-order valence-electron chi connectivity index (χ0n) is 17.9. The van der Waals surface area contributed by atoms with Crippen LogP contribution in [0.25, 0.3) is 0 Å². The molecule has 0 unspecified atom stereocenters. The Balaban J connectivity index is 0.00000114. The predicted molar refractivity (Wildman–Crippen MR) is 123 cm³/mol. The summed E-state index contributed by atoms with van der Waals surface area (Å²) in [6, 6.07) is 16.7. The number of hydrogen-bond acceptors (Lipinski definition) is 2. The van der Waals surface area contributed by atoms with Gasteiger partial charge >= 0.3 is 39.5 Å². The molecule has 32 heavy (non-hydrogen) atoms. The van der Waals surface area contributed by atoms with Gasteiger partial charge in [-0.05, 0) is 69.3 Å². The van der Waals surface area contributed by atoms with Gasteiger partial charge in [-0.25, -0.2) is 0 Å². The van der Waals surface area contributed by atoms with Crippen LogP contribution in [-0.2, 0) is 26.4 Å². The third-order valence-corrected chi connectivity index (χ3v) is 4.69. The molecule has 3 nitrogen and oxygen atoms in total. The van der Waals surface area contributed by atoms with E-state index in [1.54, 1.807) is 0 Å². The van der Waals surface area contributed by atoms with E-state index in [0.717, 1.165) is 34.9 Å². The van der Waals surface area contributed by atoms with Gasteiger partial charge in [-0.2, -0.15) is 13.2 Å². The fraction of sp³-hybridized carbons (Fsp3) is 0.217. The van der Waals surface area contributed by atoms with Crippen molar-refractivity contribution in [2.45, 2.75) is 26.9 Å². The number of aliphatic imine (C=N–C) groups is 2. The van der Waals surface area contributed by atoms with E-state index in [9.17, 15) is 13.2 Å². The maximum absolute atomic E-state index is 12.7. The van der Waals surface area contributed by atoms with Crippen molar-refractivity contribution in [3.05, 3.63) is 83.2 Å². The van der Waals surface area contributed by atoms with Crippen LogP contribution in [0.5, 0.6) is 0 Å². The third-order valence-electron chi connectivity index (χ3n) is 4.69. The number of aryl methyl sites for hydroxylation is 1. The first-order chi connectivity index (χ1) is 15.1. The van der Waals surface area contributed by atoms with Crippen LogP contribution in [0.4, 0.5) is 24.5 Å². The summed E-state index contributed by atoms with van der Waals surface area (Å²) in [7, 11) is 11.4. The van der Waals surface area contributed by atoms with Crippen molar-refractivity contribution >= 4 is 43.0 Å². The number of halogens is 5. The molecule has 0 bridgehead atoms. The molecular weight excluding hydrogens is 502 g/mol. The number of alkyl halides is 3. The first-order valence-electron chi connectivity index (χ1n) is 9.43. The Labute approximate surface area is 200 Å². The van der Waals surface area contributed by atoms with E-state index in [2.05, 4.69) is 9.98 Å². The topological polar surface area (TPSA) is 29.6 Å². The van der Waals surface area contributed by atoms with Gasteiger partial charge in [0, 0.05) is 7.05 Å². The van der Waals surface area contributed by atoms with Gasteiger partial charge in [-0.15, -0.1) is 0 Å². The zero-order chi connectivity index (χ0) is 23.9. The zero-order valence-corrected chi connectivity index (χ0v) is 20.5. The van der Waals surface area contributed by atoms with Crippen LogP contribution in [0.15, 0.2) is 70.6 Å². The molecule has 0 aliphatic carbocycles. The second kappa shape index (κ2) is 11.7. The second-order valence-corrected chi connectivity index (χ2v) is 8.81. The van der Waals surface area contributed by atoms with Crippen LogP contribution in [0.1, 0.15) is 36.4 Å². The van der Waals surface area contributed by atoms with E-state index in [4.69, 9.17) is 20.2 Å². The van der Waals surface area contributed by atoms with Crippen LogP contribution < -0.4 is 0 Å². The van der Waals surface area contributed by atoms with Crippen LogP contribution in [0.2, 0.25) is 0 Å². The van der Waals surface area contributed by atoms with Crippen molar-refractivity contribution in [1.82, 2.24) is 4.57 Å². The van der Waals surface area contributed by atoms with Crippen molar-refractivity contribution in [2.75, 3.05) is 0 Å². The van der Waals surface area contributed by atoms with Crippen molar-refractivity contribution in [3.63, 3.8) is 0 Å². The molecule has 0 atom stereocenters. The summed E-state index contributed by atoms with van der Waals surface area (Å²) in [5, 5.41) is 0. The van der Waals surface area contributed by atoms with Gasteiger partial charge in [0.15, 0.2) is 0 Å². The van der Waals surface area contributed by atoms with Crippen LogP contribution >= 0.6 is 20.2 Å². The Morgan fingerprint density at radius 1 is 0.781 bits per heavy atom. The second-order valence-electron chi connectivity index (χ2n) is 6.99. The van der Waals surface area contributed by atoms with Gasteiger partial charge in [0.25, 0.3) is 0 Å². The number of nitrogens with zero attached hydrogens (tertiary/aromatic N) is 3. The summed E-state index contributed by atoms with van der Waals surface area (Å²) in [6.07, 6.45) is -4.35. The van der Waals surface area contributed by atoms with Crippen LogP contribution in [0.3, 0.4) is 0 Å². The molecule has 1 aromatic heterocycles. The standard InChI is InChI=1S/C23H22F3N3.2ClH.Fe/c1-15-5-9-19(10-6-15)27-16(2)21-13-14-22(29(21)4)17(3)28-20-11-7-18(8-12-20)23(24,25)26;;;/h5-14H,1-4H3;2*1H;/q;;;+2/p-2. The summed E-state index contributed by atoms with van der Waals surface area (Å²) < 4.78 is 40.1. The third kappa shape index (κ3) is 7.24. The predicted octanol–water partition coefficient (Wildman–Crippen LogP) is 8.01. The molecule has 0 aliphatic heterocycles. The molecule has 2 aromatic carbocycles. The Morgan fingerprint density at radius 2 is 1.16 bits per heavy atom. The van der Waals surface area contributed by atoms with Crippen LogP contribution in [-0.4, -0.2) is 16.0 Å². The van der Waals surface area contributed by atoms with Gasteiger partial charge in [0.1, 0.15) is 0 Å². The van der Waals surface area contributed by atoms with E-state index in [0.29, 0.717) is 11.4 Å². The molecule has 3 rings (SSSR count). The monoisotopic (exact) mass is 523 g/mol. The van der Waals surface area contributed by atoms with Gasteiger partial charge in [0.2, 0.25) is 0 Å². The average molecular weight is 524 g/mol. The number of aromatic nitrogens is 1. The van der Waals surface area contributed by atoms with Crippen molar-refractivity contribution < 1.29 is 26.3 Å².